The number of rotatable bonds is 2. The van der Waals surface area contributed by atoms with Gasteiger partial charge in [0.15, 0.2) is 5.78 Å². The highest BCUT2D eigenvalue weighted by Crippen LogP contribution is 2.70. The summed E-state index contributed by atoms with van der Waals surface area (Å²) in [7, 11) is 1.98. The third-order valence-electron chi connectivity index (χ3n) is 9.78. The average molecular weight is 430 g/mol. The van der Waals surface area contributed by atoms with E-state index in [0.29, 0.717) is 30.0 Å². The number of nitrogens with one attached hydrogen (secondary N) is 1. The number of hydrogen-bond acceptors (Lipinski definition) is 3. The van der Waals surface area contributed by atoms with Crippen molar-refractivity contribution in [2.24, 2.45) is 17.3 Å². The zero-order chi connectivity index (χ0) is 22.1. The van der Waals surface area contributed by atoms with Crippen LogP contribution >= 0.6 is 0 Å². The Morgan fingerprint density at radius 2 is 1.91 bits per heavy atom. The fourth-order valence-corrected chi connectivity index (χ4v) is 8.30. The number of fused-ring (bicyclic) bond motifs is 5. The van der Waals surface area contributed by atoms with Crippen molar-refractivity contribution in [3.8, 4) is 0 Å². The summed E-state index contributed by atoms with van der Waals surface area (Å²) in [5.41, 5.74) is 8.40. The first-order valence-corrected chi connectivity index (χ1v) is 12.5. The Morgan fingerprint density at radius 1 is 1.09 bits per heavy atom. The lowest BCUT2D eigenvalue weighted by Crippen LogP contribution is -2.52. The second-order valence-electron chi connectivity index (χ2n) is 10.9. The largest absolute Gasteiger partial charge is 0.388 e. The molecule has 1 aliphatic heterocycles. The predicted octanol–water partition coefficient (Wildman–Crippen LogP) is 6.34. The van der Waals surface area contributed by atoms with E-state index in [-0.39, 0.29) is 11.0 Å². The van der Waals surface area contributed by atoms with Crippen LogP contribution in [0.1, 0.15) is 69.8 Å². The summed E-state index contributed by atoms with van der Waals surface area (Å²) in [4.78, 5) is 12.2. The standard InChI is InChI=1S/C29H35NO2/c1-18-13-15-32-29(18)14-12-26-24-10-6-20-16-22(31)9-11-23(20)27(24)25(17-28(26,29)2)19-4-7-21(30-3)8-5-19/h4-5,7-8,16,24-26,30H,1,6,9-15,17H2,2-3H3/t24?,25?,26?,28-,29+/m0/s1. The Labute approximate surface area is 192 Å². The number of carbonyl (C=O) groups is 1. The molecule has 3 heteroatoms. The van der Waals surface area contributed by atoms with Crippen LogP contribution in [0.3, 0.4) is 0 Å². The van der Waals surface area contributed by atoms with Crippen molar-refractivity contribution in [3.63, 3.8) is 0 Å². The van der Waals surface area contributed by atoms with Crippen LogP contribution in [0.25, 0.3) is 0 Å². The van der Waals surface area contributed by atoms with Crippen molar-refractivity contribution in [1.82, 2.24) is 0 Å². The van der Waals surface area contributed by atoms with Gasteiger partial charge in [-0.2, -0.15) is 0 Å². The summed E-state index contributed by atoms with van der Waals surface area (Å²) in [5, 5.41) is 3.26. The third kappa shape index (κ3) is 2.67. The molecule has 1 spiro atoms. The number of ether oxygens (including phenoxy) is 1. The first kappa shape index (κ1) is 20.5. The molecule has 3 unspecified atom stereocenters. The zero-order valence-corrected chi connectivity index (χ0v) is 19.5. The number of ketones is 1. The lowest BCUT2D eigenvalue weighted by molar-refractivity contribution is -0.114. The fourth-order valence-electron chi connectivity index (χ4n) is 8.30. The van der Waals surface area contributed by atoms with E-state index in [4.69, 9.17) is 4.74 Å². The maximum absolute atomic E-state index is 12.2. The molecule has 168 valence electrons. The zero-order valence-electron chi connectivity index (χ0n) is 19.5. The summed E-state index contributed by atoms with van der Waals surface area (Å²) in [6.45, 7) is 7.88. The smallest absolute Gasteiger partial charge is 0.156 e. The summed E-state index contributed by atoms with van der Waals surface area (Å²) in [5.74, 6) is 1.95. The van der Waals surface area contributed by atoms with Crippen molar-refractivity contribution in [3.05, 3.63) is 64.8 Å². The summed E-state index contributed by atoms with van der Waals surface area (Å²) < 4.78 is 6.63. The summed E-state index contributed by atoms with van der Waals surface area (Å²) >= 11 is 0. The van der Waals surface area contributed by atoms with E-state index in [1.807, 2.05) is 13.1 Å². The van der Waals surface area contributed by atoms with Crippen LogP contribution < -0.4 is 5.32 Å². The first-order chi connectivity index (χ1) is 15.5. The number of benzene rings is 1. The van der Waals surface area contributed by atoms with Crippen LogP contribution in [0.15, 0.2) is 59.2 Å². The number of hydrogen-bond donors (Lipinski definition) is 1. The highest BCUT2D eigenvalue weighted by atomic mass is 16.5. The van der Waals surface area contributed by atoms with Gasteiger partial charge < -0.3 is 10.1 Å². The Hall–Kier alpha value is -2.13. The van der Waals surface area contributed by atoms with E-state index in [2.05, 4.69) is 43.1 Å². The van der Waals surface area contributed by atoms with Crippen molar-refractivity contribution >= 4 is 11.5 Å². The molecule has 0 bridgehead atoms. The Kier molecular flexibility index (Phi) is 4.60. The minimum atomic E-state index is -0.143. The molecule has 0 aromatic heterocycles. The molecule has 1 saturated heterocycles. The molecule has 1 aromatic carbocycles. The molecular weight excluding hydrogens is 394 g/mol. The van der Waals surface area contributed by atoms with Crippen molar-refractivity contribution in [2.45, 2.75) is 69.8 Å². The van der Waals surface area contributed by atoms with E-state index < -0.39 is 0 Å². The second-order valence-corrected chi connectivity index (χ2v) is 10.9. The minimum Gasteiger partial charge on any atom is -0.388 e. The molecule has 6 rings (SSSR count). The van der Waals surface area contributed by atoms with Crippen LogP contribution in [-0.2, 0) is 9.53 Å². The normalized spacial score (nSPS) is 38.4. The Morgan fingerprint density at radius 3 is 2.62 bits per heavy atom. The molecule has 0 amide bonds. The Bertz CT molecular complexity index is 1050. The first-order valence-electron chi connectivity index (χ1n) is 12.5. The molecule has 1 aromatic rings. The quantitative estimate of drug-likeness (QED) is 0.557. The van der Waals surface area contributed by atoms with Gasteiger partial charge in [0.2, 0.25) is 0 Å². The number of allylic oxidation sites excluding steroid dienone is 4. The predicted molar refractivity (Wildman–Crippen MR) is 129 cm³/mol. The van der Waals surface area contributed by atoms with Crippen LogP contribution in [-0.4, -0.2) is 25.0 Å². The highest BCUT2D eigenvalue weighted by Gasteiger charge is 2.65. The van der Waals surface area contributed by atoms with Gasteiger partial charge in [0.25, 0.3) is 0 Å². The Balaban J connectivity index is 1.52. The monoisotopic (exact) mass is 429 g/mol. The molecule has 1 heterocycles. The molecule has 32 heavy (non-hydrogen) atoms. The van der Waals surface area contributed by atoms with Crippen LogP contribution in [0.2, 0.25) is 0 Å². The molecule has 5 aliphatic rings. The maximum atomic E-state index is 12.2. The van der Waals surface area contributed by atoms with Crippen LogP contribution in [0.4, 0.5) is 5.69 Å². The summed E-state index contributed by atoms with van der Waals surface area (Å²) in [6.07, 6.45) is 10.3. The minimum absolute atomic E-state index is 0.118. The van der Waals surface area contributed by atoms with Crippen molar-refractivity contribution in [1.29, 1.82) is 0 Å². The SMILES string of the molecule is C=C1CCO[C@]12CCC1C3CCC4=CC(=O)CCC4=C3C(c3ccc(NC)cc3)C[C@@]12C. The molecule has 4 aliphatic carbocycles. The molecule has 1 N–H and O–H groups in total. The number of carbonyl (C=O) groups excluding carboxylic acids is 1. The molecule has 3 fully saturated rings. The van der Waals surface area contributed by atoms with Gasteiger partial charge in [-0.15, -0.1) is 0 Å². The van der Waals surface area contributed by atoms with Gasteiger partial charge in [0.05, 0.1) is 12.2 Å². The maximum Gasteiger partial charge on any atom is 0.156 e. The van der Waals surface area contributed by atoms with Gasteiger partial charge in [0.1, 0.15) is 0 Å². The van der Waals surface area contributed by atoms with Gasteiger partial charge in [-0.05, 0) is 97.3 Å². The summed E-state index contributed by atoms with van der Waals surface area (Å²) in [6, 6.07) is 9.07. The highest BCUT2D eigenvalue weighted by molar-refractivity contribution is 5.93. The number of anilines is 1. The van der Waals surface area contributed by atoms with Crippen LogP contribution in [0, 0.1) is 17.3 Å². The van der Waals surface area contributed by atoms with Gasteiger partial charge in [-0.1, -0.05) is 31.2 Å². The van der Waals surface area contributed by atoms with Crippen molar-refractivity contribution < 1.29 is 9.53 Å². The molecule has 2 saturated carbocycles. The second kappa shape index (κ2) is 7.18. The van der Waals surface area contributed by atoms with E-state index >= 15 is 0 Å². The third-order valence-corrected chi connectivity index (χ3v) is 9.78. The molecule has 0 radical (unpaired) electrons. The van der Waals surface area contributed by atoms with E-state index in [0.717, 1.165) is 44.4 Å². The lowest BCUT2D eigenvalue weighted by atomic mass is 9.50. The molecule has 3 nitrogen and oxygen atoms in total. The van der Waals surface area contributed by atoms with Gasteiger partial charge in [-0.25, -0.2) is 0 Å². The van der Waals surface area contributed by atoms with Gasteiger partial charge in [-0.3, -0.25) is 4.79 Å². The van der Waals surface area contributed by atoms with E-state index in [1.54, 1.807) is 5.57 Å². The van der Waals surface area contributed by atoms with E-state index in [1.165, 1.54) is 35.1 Å². The molecule has 5 atom stereocenters. The average Bonchev–Trinajstić information content (AvgIpc) is 3.33. The van der Waals surface area contributed by atoms with Gasteiger partial charge >= 0.3 is 0 Å². The van der Waals surface area contributed by atoms with E-state index in [9.17, 15) is 4.79 Å². The van der Waals surface area contributed by atoms with Crippen molar-refractivity contribution in [2.75, 3.05) is 19.0 Å². The van der Waals surface area contributed by atoms with Gasteiger partial charge in [0, 0.05) is 30.5 Å². The van der Waals surface area contributed by atoms with Crippen LogP contribution in [0.5, 0.6) is 0 Å². The lowest BCUT2D eigenvalue weighted by Gasteiger charge is -2.55. The topological polar surface area (TPSA) is 38.3 Å². The molecular formula is C29H35NO2. The fraction of sp³-hybridized carbons (Fsp3) is 0.552.